The summed E-state index contributed by atoms with van der Waals surface area (Å²) in [6, 6.07) is 3.70. The molecule has 0 atom stereocenters. The minimum atomic E-state index is -0.868. The molecular weight excluding hydrogens is 256 g/mol. The number of rotatable bonds is 4. The molecule has 0 amide bonds. The smallest absolute Gasteiger partial charge is 0.218 e. The first-order chi connectivity index (χ1) is 8.69. The van der Waals surface area contributed by atoms with E-state index < -0.39 is 11.6 Å². The van der Waals surface area contributed by atoms with Crippen molar-refractivity contribution in [1.82, 2.24) is 4.98 Å². The maximum Gasteiger partial charge on any atom is 0.218 e. The maximum atomic E-state index is 13.0. The Balaban J connectivity index is 2.11. The summed E-state index contributed by atoms with van der Waals surface area (Å²) in [6.07, 6.45) is 6.81. The summed E-state index contributed by atoms with van der Waals surface area (Å²) < 4.78 is 30.9. The van der Waals surface area contributed by atoms with Crippen LogP contribution in [0.25, 0.3) is 12.2 Å². The number of hydrogen-bond acceptors (Lipinski definition) is 3. The van der Waals surface area contributed by atoms with Gasteiger partial charge in [-0.2, -0.15) is 11.8 Å². The molecule has 1 heterocycles. The fraction of sp³-hybridized carbons (Fsp3) is 0.154. The summed E-state index contributed by atoms with van der Waals surface area (Å²) in [5, 5.41) is 0. The van der Waals surface area contributed by atoms with Gasteiger partial charge in [0.05, 0.1) is 5.69 Å². The number of aromatic nitrogens is 1. The van der Waals surface area contributed by atoms with E-state index in [2.05, 4.69) is 4.98 Å². The molecule has 0 fully saturated rings. The van der Waals surface area contributed by atoms with Gasteiger partial charge in [-0.3, -0.25) is 0 Å². The van der Waals surface area contributed by atoms with Crippen molar-refractivity contribution in [2.75, 3.05) is 6.26 Å². The second-order valence-electron chi connectivity index (χ2n) is 3.62. The lowest BCUT2D eigenvalue weighted by molar-refractivity contribution is 0.508. The van der Waals surface area contributed by atoms with Crippen molar-refractivity contribution in [2.24, 2.45) is 0 Å². The average Bonchev–Trinajstić information content (AvgIpc) is 2.79. The number of oxazole rings is 1. The predicted octanol–water partition coefficient (Wildman–Crippen LogP) is 3.99. The van der Waals surface area contributed by atoms with Gasteiger partial charge < -0.3 is 4.42 Å². The lowest BCUT2D eigenvalue weighted by Gasteiger charge is -1.94. The van der Waals surface area contributed by atoms with Gasteiger partial charge in [0.25, 0.3) is 0 Å². The number of thioether (sulfide) groups is 1. The third-order valence-corrected chi connectivity index (χ3v) is 2.81. The highest BCUT2D eigenvalue weighted by Gasteiger charge is 2.02. The summed E-state index contributed by atoms with van der Waals surface area (Å²) in [6.45, 7) is 0. The summed E-state index contributed by atoms with van der Waals surface area (Å²) in [5.74, 6) is -0.496. The van der Waals surface area contributed by atoms with E-state index in [1.54, 1.807) is 30.2 Å². The van der Waals surface area contributed by atoms with Gasteiger partial charge in [0, 0.05) is 11.8 Å². The first kappa shape index (κ1) is 12.8. The van der Waals surface area contributed by atoms with Gasteiger partial charge in [-0.1, -0.05) is 6.07 Å². The quantitative estimate of drug-likeness (QED) is 0.837. The van der Waals surface area contributed by atoms with Crippen LogP contribution in [0.5, 0.6) is 0 Å². The monoisotopic (exact) mass is 267 g/mol. The normalized spacial score (nSPS) is 11.3. The van der Waals surface area contributed by atoms with Crippen LogP contribution in [0.15, 0.2) is 28.9 Å². The zero-order valence-corrected chi connectivity index (χ0v) is 10.5. The number of halogens is 2. The molecule has 0 aliphatic carbocycles. The van der Waals surface area contributed by atoms with E-state index in [0.29, 0.717) is 11.5 Å². The van der Waals surface area contributed by atoms with Crippen LogP contribution in [0.3, 0.4) is 0 Å². The topological polar surface area (TPSA) is 26.0 Å². The average molecular weight is 267 g/mol. The molecule has 0 unspecified atom stereocenters. The molecule has 18 heavy (non-hydrogen) atoms. The van der Waals surface area contributed by atoms with Gasteiger partial charge in [-0.25, -0.2) is 13.8 Å². The first-order valence-corrected chi connectivity index (χ1v) is 6.65. The SMILES string of the molecule is CSCc1coc(/C=C/c2ccc(F)c(F)c2)n1. The van der Waals surface area contributed by atoms with Gasteiger partial charge in [-0.15, -0.1) is 0 Å². The number of benzene rings is 1. The maximum absolute atomic E-state index is 13.0. The van der Waals surface area contributed by atoms with Crippen molar-refractivity contribution in [3.63, 3.8) is 0 Å². The van der Waals surface area contributed by atoms with Crippen LogP contribution < -0.4 is 0 Å². The summed E-state index contributed by atoms with van der Waals surface area (Å²) in [5.41, 5.74) is 1.41. The van der Waals surface area contributed by atoms with Crippen molar-refractivity contribution in [1.29, 1.82) is 0 Å². The summed E-state index contributed by atoms with van der Waals surface area (Å²) in [4.78, 5) is 4.21. The molecule has 0 radical (unpaired) electrons. The Bertz CT molecular complexity index is 566. The first-order valence-electron chi connectivity index (χ1n) is 5.25. The molecule has 2 aromatic rings. The highest BCUT2D eigenvalue weighted by atomic mass is 32.2. The van der Waals surface area contributed by atoms with Gasteiger partial charge in [-0.05, 0) is 30.0 Å². The molecular formula is C13H11F2NOS. The van der Waals surface area contributed by atoms with E-state index in [4.69, 9.17) is 4.42 Å². The van der Waals surface area contributed by atoms with Crippen LogP contribution in [-0.2, 0) is 5.75 Å². The molecule has 0 spiro atoms. The van der Waals surface area contributed by atoms with Gasteiger partial charge in [0.2, 0.25) is 5.89 Å². The molecule has 0 N–H and O–H groups in total. The van der Waals surface area contributed by atoms with E-state index >= 15 is 0 Å². The van der Waals surface area contributed by atoms with Crippen LogP contribution in [0.1, 0.15) is 17.1 Å². The van der Waals surface area contributed by atoms with E-state index in [-0.39, 0.29) is 0 Å². The van der Waals surface area contributed by atoms with Crippen molar-refractivity contribution in [3.05, 3.63) is 53.2 Å². The minimum absolute atomic E-state index is 0.448. The Morgan fingerprint density at radius 3 is 2.83 bits per heavy atom. The second-order valence-corrected chi connectivity index (χ2v) is 4.48. The largest absolute Gasteiger partial charge is 0.445 e. The van der Waals surface area contributed by atoms with Crippen molar-refractivity contribution in [2.45, 2.75) is 5.75 Å². The third-order valence-electron chi connectivity index (χ3n) is 2.22. The van der Waals surface area contributed by atoms with E-state index in [1.165, 1.54) is 6.07 Å². The summed E-state index contributed by atoms with van der Waals surface area (Å²) >= 11 is 1.65. The lowest BCUT2D eigenvalue weighted by atomic mass is 10.2. The Labute approximate surface area is 108 Å². The molecule has 94 valence electrons. The molecule has 0 saturated heterocycles. The lowest BCUT2D eigenvalue weighted by Crippen LogP contribution is -1.83. The molecule has 5 heteroatoms. The predicted molar refractivity (Wildman–Crippen MR) is 69.0 cm³/mol. The van der Waals surface area contributed by atoms with Crippen LogP contribution in [-0.4, -0.2) is 11.2 Å². The fourth-order valence-electron chi connectivity index (χ4n) is 1.40. The molecule has 1 aromatic carbocycles. The van der Waals surface area contributed by atoms with E-state index in [0.717, 1.165) is 23.6 Å². The van der Waals surface area contributed by atoms with Gasteiger partial charge in [0.15, 0.2) is 11.6 Å². The Morgan fingerprint density at radius 1 is 1.28 bits per heavy atom. The highest BCUT2D eigenvalue weighted by molar-refractivity contribution is 7.97. The van der Waals surface area contributed by atoms with Crippen LogP contribution in [0.2, 0.25) is 0 Å². The molecule has 0 bridgehead atoms. The minimum Gasteiger partial charge on any atom is -0.445 e. The Morgan fingerprint density at radius 2 is 2.11 bits per heavy atom. The molecule has 2 nitrogen and oxygen atoms in total. The van der Waals surface area contributed by atoms with Crippen LogP contribution in [0, 0.1) is 11.6 Å². The van der Waals surface area contributed by atoms with Gasteiger partial charge in [0.1, 0.15) is 6.26 Å². The molecule has 2 rings (SSSR count). The van der Waals surface area contributed by atoms with Crippen LogP contribution in [0.4, 0.5) is 8.78 Å². The van der Waals surface area contributed by atoms with Crippen LogP contribution >= 0.6 is 11.8 Å². The molecule has 0 aliphatic heterocycles. The van der Waals surface area contributed by atoms with E-state index in [9.17, 15) is 8.78 Å². The van der Waals surface area contributed by atoms with Crippen molar-refractivity contribution in [3.8, 4) is 0 Å². The molecule has 0 aliphatic rings. The standard InChI is InChI=1S/C13H11F2NOS/c1-18-8-10-7-17-13(16-10)5-3-9-2-4-11(14)12(15)6-9/h2-7H,8H2,1H3/b5-3+. The zero-order valence-electron chi connectivity index (χ0n) is 9.69. The highest BCUT2D eigenvalue weighted by Crippen LogP contribution is 2.13. The zero-order chi connectivity index (χ0) is 13.0. The second kappa shape index (κ2) is 5.82. The third kappa shape index (κ3) is 3.20. The Hall–Kier alpha value is -1.62. The fourth-order valence-corrected chi connectivity index (χ4v) is 1.83. The number of nitrogens with zero attached hydrogens (tertiary/aromatic N) is 1. The van der Waals surface area contributed by atoms with Crippen molar-refractivity contribution < 1.29 is 13.2 Å². The summed E-state index contributed by atoms with van der Waals surface area (Å²) in [7, 11) is 0. The molecule has 1 aromatic heterocycles. The molecule has 0 saturated carbocycles. The van der Waals surface area contributed by atoms with E-state index in [1.807, 2.05) is 6.26 Å². The van der Waals surface area contributed by atoms with Crippen molar-refractivity contribution >= 4 is 23.9 Å². The number of hydrogen-bond donors (Lipinski definition) is 0. The Kier molecular flexibility index (Phi) is 4.15. The van der Waals surface area contributed by atoms with Gasteiger partial charge >= 0.3 is 0 Å².